The number of benzene rings is 7. The molecule has 1 aromatic heterocycles. The summed E-state index contributed by atoms with van der Waals surface area (Å²) in [4.78, 5) is 4.85. The van der Waals surface area contributed by atoms with E-state index in [1.807, 2.05) is 6.07 Å². The average Bonchev–Trinajstić information content (AvgIpc) is 3.43. The van der Waals surface area contributed by atoms with Crippen molar-refractivity contribution in [1.82, 2.24) is 0 Å². The number of hydrogen-bond donors (Lipinski definition) is 0. The first-order valence-electron chi connectivity index (χ1n) is 14.0. The molecular weight excluding hydrogens is 500 g/mol. The zero-order valence-electron chi connectivity index (χ0n) is 22.2. The normalized spacial score (nSPS) is 12.8. The molecule has 3 heteroatoms. The standard InChI is InChI=1S/C38H24N2O/c1-2-13-27(14-3-1)39-32-23-21-26-12-5-7-16-29(26)37(32)40(33-24-22-25-11-4-6-15-28(25)36(33)39)34-19-10-18-31-30-17-8-9-20-35(30)41-38(31)34/h1-24H. The Balaban J connectivity index is 1.47. The molecule has 0 saturated carbocycles. The van der Waals surface area contributed by atoms with Gasteiger partial charge in [0.1, 0.15) is 5.58 Å². The van der Waals surface area contributed by atoms with Gasteiger partial charge >= 0.3 is 0 Å². The van der Waals surface area contributed by atoms with Crippen molar-refractivity contribution < 1.29 is 4.42 Å². The van der Waals surface area contributed by atoms with Crippen molar-refractivity contribution in [1.29, 1.82) is 0 Å². The van der Waals surface area contributed by atoms with Gasteiger partial charge in [0.05, 0.1) is 28.4 Å². The van der Waals surface area contributed by atoms with Gasteiger partial charge in [-0.25, -0.2) is 0 Å². The Morgan fingerprint density at radius 1 is 0.366 bits per heavy atom. The summed E-state index contributed by atoms with van der Waals surface area (Å²) >= 11 is 0. The molecule has 0 amide bonds. The highest BCUT2D eigenvalue weighted by atomic mass is 16.3. The van der Waals surface area contributed by atoms with Crippen molar-refractivity contribution in [3.63, 3.8) is 0 Å². The lowest BCUT2D eigenvalue weighted by Crippen LogP contribution is -2.24. The Labute approximate surface area is 237 Å². The molecular formula is C38H24N2O. The summed E-state index contributed by atoms with van der Waals surface area (Å²) in [6, 6.07) is 51.8. The predicted octanol–water partition coefficient (Wildman–Crippen LogP) is 11.1. The fraction of sp³-hybridized carbons (Fsp3) is 0. The molecule has 0 N–H and O–H groups in total. The van der Waals surface area contributed by atoms with E-state index in [4.69, 9.17) is 4.42 Å². The quantitative estimate of drug-likeness (QED) is 0.224. The molecule has 192 valence electrons. The van der Waals surface area contributed by atoms with Crippen LogP contribution in [0.1, 0.15) is 0 Å². The summed E-state index contributed by atoms with van der Waals surface area (Å²) in [7, 11) is 0. The van der Waals surface area contributed by atoms with Gasteiger partial charge in [-0.05, 0) is 47.2 Å². The van der Waals surface area contributed by atoms with Crippen LogP contribution in [0.3, 0.4) is 0 Å². The zero-order chi connectivity index (χ0) is 26.9. The molecule has 8 aromatic rings. The number of furan rings is 1. The minimum Gasteiger partial charge on any atom is -0.454 e. The molecule has 0 radical (unpaired) electrons. The van der Waals surface area contributed by atoms with Crippen LogP contribution < -0.4 is 9.80 Å². The highest BCUT2D eigenvalue weighted by molar-refractivity contribution is 6.19. The van der Waals surface area contributed by atoms with Crippen molar-refractivity contribution in [2.45, 2.75) is 0 Å². The topological polar surface area (TPSA) is 19.6 Å². The summed E-state index contributed by atoms with van der Waals surface area (Å²) in [6.45, 7) is 0. The van der Waals surface area contributed by atoms with Crippen LogP contribution in [0.5, 0.6) is 0 Å². The van der Waals surface area contributed by atoms with Crippen molar-refractivity contribution in [3.05, 3.63) is 146 Å². The Morgan fingerprint density at radius 3 is 1.66 bits per heavy atom. The maximum absolute atomic E-state index is 6.62. The van der Waals surface area contributed by atoms with Crippen LogP contribution in [0.15, 0.2) is 150 Å². The smallest absolute Gasteiger partial charge is 0.159 e. The lowest BCUT2D eigenvalue weighted by atomic mass is 9.96. The van der Waals surface area contributed by atoms with Gasteiger partial charge in [-0.15, -0.1) is 0 Å². The van der Waals surface area contributed by atoms with E-state index in [-0.39, 0.29) is 0 Å². The molecule has 1 aliphatic rings. The number of para-hydroxylation sites is 3. The van der Waals surface area contributed by atoms with Gasteiger partial charge in [0.25, 0.3) is 0 Å². The van der Waals surface area contributed by atoms with Crippen LogP contribution in [-0.4, -0.2) is 0 Å². The lowest BCUT2D eigenvalue weighted by molar-refractivity contribution is 0.669. The number of nitrogens with zero attached hydrogens (tertiary/aromatic N) is 2. The molecule has 2 heterocycles. The fourth-order valence-corrected chi connectivity index (χ4v) is 6.56. The minimum absolute atomic E-state index is 0.889. The molecule has 0 atom stereocenters. The third-order valence-electron chi connectivity index (χ3n) is 8.33. The summed E-state index contributed by atoms with van der Waals surface area (Å²) < 4.78 is 6.62. The van der Waals surface area contributed by atoms with Crippen molar-refractivity contribution in [2.24, 2.45) is 0 Å². The second kappa shape index (κ2) is 8.48. The first-order valence-corrected chi connectivity index (χ1v) is 14.0. The monoisotopic (exact) mass is 524 g/mol. The molecule has 0 bridgehead atoms. The maximum atomic E-state index is 6.62. The second-order valence-corrected chi connectivity index (χ2v) is 10.6. The molecule has 0 spiro atoms. The Morgan fingerprint density at radius 2 is 0.927 bits per heavy atom. The SMILES string of the molecule is c1ccc(N2c3ccc4ccccc4c3N(c3cccc4c3oc3ccccc34)c3ccc4ccccc4c32)cc1. The molecule has 0 saturated heterocycles. The van der Waals surface area contributed by atoms with E-state index in [1.54, 1.807) is 0 Å². The van der Waals surface area contributed by atoms with E-state index in [0.717, 1.165) is 56.1 Å². The molecule has 0 fully saturated rings. The Bertz CT molecular complexity index is 2280. The number of anilines is 6. The average molecular weight is 525 g/mol. The van der Waals surface area contributed by atoms with Crippen molar-refractivity contribution in [3.8, 4) is 0 Å². The summed E-state index contributed by atoms with van der Waals surface area (Å²) in [5.74, 6) is 0. The van der Waals surface area contributed by atoms with Crippen LogP contribution >= 0.6 is 0 Å². The van der Waals surface area contributed by atoms with Crippen LogP contribution in [0, 0.1) is 0 Å². The maximum Gasteiger partial charge on any atom is 0.159 e. The molecule has 9 rings (SSSR count). The second-order valence-electron chi connectivity index (χ2n) is 10.6. The number of hydrogen-bond acceptors (Lipinski definition) is 3. The van der Waals surface area contributed by atoms with Crippen LogP contribution in [0.2, 0.25) is 0 Å². The first-order chi connectivity index (χ1) is 20.4. The molecule has 0 unspecified atom stereocenters. The van der Waals surface area contributed by atoms with E-state index in [1.165, 1.54) is 21.5 Å². The van der Waals surface area contributed by atoms with E-state index in [0.29, 0.717) is 0 Å². The van der Waals surface area contributed by atoms with Gasteiger partial charge in [0.2, 0.25) is 0 Å². The van der Waals surface area contributed by atoms with E-state index >= 15 is 0 Å². The summed E-state index contributed by atoms with van der Waals surface area (Å²) in [5.41, 5.74) is 8.49. The van der Waals surface area contributed by atoms with Crippen LogP contribution in [0.25, 0.3) is 43.5 Å². The van der Waals surface area contributed by atoms with Crippen molar-refractivity contribution in [2.75, 3.05) is 9.80 Å². The van der Waals surface area contributed by atoms with E-state index in [9.17, 15) is 0 Å². The molecule has 41 heavy (non-hydrogen) atoms. The zero-order valence-corrected chi connectivity index (χ0v) is 22.2. The van der Waals surface area contributed by atoms with E-state index in [2.05, 4.69) is 149 Å². The van der Waals surface area contributed by atoms with Crippen molar-refractivity contribution >= 4 is 77.6 Å². The van der Waals surface area contributed by atoms with Crippen LogP contribution in [-0.2, 0) is 0 Å². The van der Waals surface area contributed by atoms with E-state index < -0.39 is 0 Å². The van der Waals surface area contributed by atoms with Gasteiger partial charge in [-0.2, -0.15) is 0 Å². The lowest BCUT2D eigenvalue weighted by Gasteiger charge is -2.41. The van der Waals surface area contributed by atoms with Gasteiger partial charge in [-0.3, -0.25) is 0 Å². The Hall–Kier alpha value is -5.54. The molecule has 3 nitrogen and oxygen atoms in total. The summed E-state index contributed by atoms with van der Waals surface area (Å²) in [5, 5.41) is 7.05. The van der Waals surface area contributed by atoms with Gasteiger partial charge < -0.3 is 14.2 Å². The first kappa shape index (κ1) is 22.3. The molecule has 0 aliphatic carbocycles. The predicted molar refractivity (Wildman–Crippen MR) is 172 cm³/mol. The largest absolute Gasteiger partial charge is 0.454 e. The van der Waals surface area contributed by atoms with Gasteiger partial charge in [0, 0.05) is 27.2 Å². The number of fused-ring (bicyclic) bond motifs is 9. The Kier molecular flexibility index (Phi) is 4.61. The van der Waals surface area contributed by atoms with Gasteiger partial charge in [-0.1, -0.05) is 109 Å². The highest BCUT2D eigenvalue weighted by Crippen LogP contribution is 2.59. The highest BCUT2D eigenvalue weighted by Gasteiger charge is 2.34. The van der Waals surface area contributed by atoms with Gasteiger partial charge in [0.15, 0.2) is 5.58 Å². The summed E-state index contributed by atoms with van der Waals surface area (Å²) in [6.07, 6.45) is 0. The third kappa shape index (κ3) is 3.14. The third-order valence-corrected chi connectivity index (χ3v) is 8.33. The molecule has 7 aromatic carbocycles. The number of rotatable bonds is 2. The fourth-order valence-electron chi connectivity index (χ4n) is 6.56. The minimum atomic E-state index is 0.889. The molecule has 1 aliphatic heterocycles. The van der Waals surface area contributed by atoms with Crippen LogP contribution in [0.4, 0.5) is 34.1 Å².